The summed E-state index contributed by atoms with van der Waals surface area (Å²) in [5.41, 5.74) is 4.86. The van der Waals surface area contributed by atoms with Gasteiger partial charge in [-0.2, -0.15) is 0 Å². The zero-order valence-corrected chi connectivity index (χ0v) is 16.6. The molecule has 0 bridgehead atoms. The average Bonchev–Trinajstić information content (AvgIpc) is 2.82. The second-order valence-electron chi connectivity index (χ2n) is 7.56. The summed E-state index contributed by atoms with van der Waals surface area (Å²) >= 11 is 0. The monoisotopic (exact) mass is 372 g/mol. The third-order valence-electron chi connectivity index (χ3n) is 5.86. The van der Waals surface area contributed by atoms with Crippen molar-refractivity contribution in [2.24, 2.45) is 0 Å². The van der Waals surface area contributed by atoms with Crippen molar-refractivity contribution in [2.45, 2.75) is 24.1 Å². The van der Waals surface area contributed by atoms with Crippen LogP contribution in [0, 0.1) is 0 Å². The van der Waals surface area contributed by atoms with Crippen LogP contribution in [0.2, 0.25) is 0 Å². The van der Waals surface area contributed by atoms with E-state index in [4.69, 9.17) is 7.85 Å². The van der Waals surface area contributed by atoms with Crippen LogP contribution in [0.4, 0.5) is 0 Å². The summed E-state index contributed by atoms with van der Waals surface area (Å²) in [6, 6.07) is 42.9. The highest BCUT2D eigenvalue weighted by Gasteiger charge is 2.36. The molecule has 0 fully saturated rings. The molecule has 1 unspecified atom stereocenters. The summed E-state index contributed by atoms with van der Waals surface area (Å²) in [7, 11) is 6.64. The fraction of sp³-hybridized carbons (Fsp3) is 0.143. The minimum absolute atomic E-state index is 0.00621. The van der Waals surface area contributed by atoms with Gasteiger partial charge in [0.15, 0.2) is 0 Å². The van der Waals surface area contributed by atoms with Crippen LogP contribution in [0.25, 0.3) is 0 Å². The second-order valence-corrected chi connectivity index (χ2v) is 7.56. The molecule has 4 rings (SSSR count). The van der Waals surface area contributed by atoms with Gasteiger partial charge in [-0.3, -0.25) is 0 Å². The topological polar surface area (TPSA) is 0 Å². The normalized spacial score (nSPS) is 12.4. The van der Waals surface area contributed by atoms with Gasteiger partial charge in [0.2, 0.25) is 0 Å². The third kappa shape index (κ3) is 4.05. The first-order chi connectivity index (χ1) is 14.3. The molecule has 140 valence electrons. The number of hydrogen-bond donors (Lipinski definition) is 0. The van der Waals surface area contributed by atoms with E-state index in [9.17, 15) is 0 Å². The standard InChI is InChI=1S/C28H25B/c29-27(23-13-5-1-6-14-23)21-22-28(24-15-7-2-8-16-24,25-17-9-3-10-18-25)26-19-11-4-12-20-26/h1-20,27H,21-22H2. The number of rotatable bonds is 7. The van der Waals surface area contributed by atoms with Crippen LogP contribution in [0.1, 0.15) is 40.9 Å². The summed E-state index contributed by atoms with van der Waals surface area (Å²) in [5.74, 6) is 0.00621. The Hall–Kier alpha value is -3.06. The van der Waals surface area contributed by atoms with Crippen molar-refractivity contribution in [3.05, 3.63) is 144 Å². The zero-order chi connectivity index (χ0) is 19.9. The molecule has 4 aromatic rings. The minimum Gasteiger partial charge on any atom is -0.0622 e. The summed E-state index contributed by atoms with van der Waals surface area (Å²) in [4.78, 5) is 0. The van der Waals surface area contributed by atoms with Crippen molar-refractivity contribution in [1.29, 1.82) is 0 Å². The molecule has 0 aromatic heterocycles. The molecule has 0 nitrogen and oxygen atoms in total. The molecule has 1 heteroatoms. The van der Waals surface area contributed by atoms with Crippen molar-refractivity contribution in [3.63, 3.8) is 0 Å². The van der Waals surface area contributed by atoms with Crippen molar-refractivity contribution in [1.82, 2.24) is 0 Å². The quantitative estimate of drug-likeness (QED) is 0.250. The maximum atomic E-state index is 6.64. The minimum atomic E-state index is -0.240. The first kappa shape index (κ1) is 19.3. The van der Waals surface area contributed by atoms with E-state index in [-0.39, 0.29) is 11.2 Å². The third-order valence-corrected chi connectivity index (χ3v) is 5.86. The fourth-order valence-corrected chi connectivity index (χ4v) is 4.34. The van der Waals surface area contributed by atoms with Gasteiger partial charge in [-0.25, -0.2) is 0 Å². The van der Waals surface area contributed by atoms with Gasteiger partial charge < -0.3 is 0 Å². The lowest BCUT2D eigenvalue weighted by Gasteiger charge is -2.37. The van der Waals surface area contributed by atoms with Crippen molar-refractivity contribution in [2.75, 3.05) is 0 Å². The molecule has 0 N–H and O–H groups in total. The van der Waals surface area contributed by atoms with E-state index in [1.165, 1.54) is 22.3 Å². The summed E-state index contributed by atoms with van der Waals surface area (Å²) in [5, 5.41) is 0. The lowest BCUT2D eigenvalue weighted by molar-refractivity contribution is 0.527. The molecule has 29 heavy (non-hydrogen) atoms. The first-order valence-electron chi connectivity index (χ1n) is 10.3. The van der Waals surface area contributed by atoms with E-state index in [1.54, 1.807) is 0 Å². The van der Waals surface area contributed by atoms with Gasteiger partial charge >= 0.3 is 0 Å². The Morgan fingerprint density at radius 3 is 1.24 bits per heavy atom. The van der Waals surface area contributed by atoms with Gasteiger partial charge in [-0.15, -0.1) is 0 Å². The molecule has 0 spiro atoms. The molecular weight excluding hydrogens is 347 g/mol. The molecule has 0 saturated carbocycles. The van der Waals surface area contributed by atoms with Crippen LogP contribution in [-0.2, 0) is 5.41 Å². The molecule has 0 amide bonds. The van der Waals surface area contributed by atoms with Crippen molar-refractivity contribution in [3.8, 4) is 0 Å². The molecule has 1 atom stereocenters. The Morgan fingerprint density at radius 1 is 0.517 bits per heavy atom. The van der Waals surface area contributed by atoms with E-state index in [2.05, 4.69) is 115 Å². The van der Waals surface area contributed by atoms with Gasteiger partial charge in [-0.1, -0.05) is 139 Å². The van der Waals surface area contributed by atoms with Gasteiger partial charge in [0.1, 0.15) is 0 Å². The summed E-state index contributed by atoms with van der Waals surface area (Å²) in [6.45, 7) is 0. The molecule has 0 aliphatic heterocycles. The van der Waals surface area contributed by atoms with Crippen LogP contribution in [0.3, 0.4) is 0 Å². The molecule has 0 aliphatic carbocycles. The molecule has 2 radical (unpaired) electrons. The lowest BCUT2D eigenvalue weighted by atomic mass is 9.64. The van der Waals surface area contributed by atoms with Gasteiger partial charge in [0, 0.05) is 5.41 Å². The van der Waals surface area contributed by atoms with E-state index in [1.807, 2.05) is 6.07 Å². The highest BCUT2D eigenvalue weighted by molar-refractivity contribution is 6.12. The van der Waals surface area contributed by atoms with Crippen molar-refractivity contribution >= 4 is 7.85 Å². The molecular formula is C28H25B. The van der Waals surface area contributed by atoms with E-state index >= 15 is 0 Å². The van der Waals surface area contributed by atoms with E-state index in [0.29, 0.717) is 0 Å². The van der Waals surface area contributed by atoms with E-state index in [0.717, 1.165) is 12.8 Å². The van der Waals surface area contributed by atoms with Crippen LogP contribution < -0.4 is 0 Å². The zero-order valence-electron chi connectivity index (χ0n) is 16.6. The lowest BCUT2D eigenvalue weighted by Crippen LogP contribution is -2.30. The highest BCUT2D eigenvalue weighted by atomic mass is 14.4. The van der Waals surface area contributed by atoms with Gasteiger partial charge in [0.05, 0.1) is 7.85 Å². The fourth-order valence-electron chi connectivity index (χ4n) is 4.34. The Labute approximate surface area is 175 Å². The van der Waals surface area contributed by atoms with Crippen LogP contribution >= 0.6 is 0 Å². The number of hydrogen-bond acceptors (Lipinski definition) is 0. The van der Waals surface area contributed by atoms with E-state index < -0.39 is 0 Å². The van der Waals surface area contributed by atoms with Crippen LogP contribution in [-0.4, -0.2) is 7.85 Å². The van der Waals surface area contributed by atoms with Crippen molar-refractivity contribution < 1.29 is 0 Å². The predicted molar refractivity (Wildman–Crippen MR) is 123 cm³/mol. The molecule has 4 aromatic carbocycles. The predicted octanol–water partition coefficient (Wildman–Crippen LogP) is 6.71. The first-order valence-corrected chi connectivity index (χ1v) is 10.3. The molecule has 0 saturated heterocycles. The molecule has 0 aliphatic rings. The Kier molecular flexibility index (Phi) is 5.96. The van der Waals surface area contributed by atoms with Gasteiger partial charge in [0.25, 0.3) is 0 Å². The second kappa shape index (κ2) is 8.96. The molecule has 0 heterocycles. The summed E-state index contributed by atoms with van der Waals surface area (Å²) in [6.07, 6.45) is 1.82. The van der Waals surface area contributed by atoms with Crippen LogP contribution in [0.15, 0.2) is 121 Å². The highest BCUT2D eigenvalue weighted by Crippen LogP contribution is 2.44. The smallest absolute Gasteiger partial charge is 0.0622 e. The SMILES string of the molecule is [B]C(CCC(c1ccccc1)(c1ccccc1)c1ccccc1)c1ccccc1. The average molecular weight is 372 g/mol. The Morgan fingerprint density at radius 2 is 0.862 bits per heavy atom. The maximum Gasteiger partial charge on any atom is 0.0763 e. The Balaban J connectivity index is 1.82. The van der Waals surface area contributed by atoms with Crippen LogP contribution in [0.5, 0.6) is 0 Å². The largest absolute Gasteiger partial charge is 0.0763 e. The van der Waals surface area contributed by atoms with Gasteiger partial charge in [-0.05, 0) is 23.1 Å². The maximum absolute atomic E-state index is 6.64. The summed E-state index contributed by atoms with van der Waals surface area (Å²) < 4.78 is 0. The number of benzene rings is 4. The Bertz CT molecular complexity index is 898.